The molecule has 0 radical (unpaired) electrons. The average Bonchev–Trinajstić information content (AvgIpc) is 2.39. The molecule has 2 atom stereocenters. The SMILES string of the molecule is O=C(O)C1CCCC(C(=O)c2ccc(F)cc2)C1. The highest BCUT2D eigenvalue weighted by atomic mass is 19.1. The lowest BCUT2D eigenvalue weighted by Crippen LogP contribution is -2.27. The van der Waals surface area contributed by atoms with Gasteiger partial charge in [-0.2, -0.15) is 0 Å². The third kappa shape index (κ3) is 2.75. The molecule has 4 heteroatoms. The number of carbonyl (C=O) groups is 2. The van der Waals surface area contributed by atoms with E-state index in [9.17, 15) is 14.0 Å². The summed E-state index contributed by atoms with van der Waals surface area (Å²) in [5.41, 5.74) is 0.465. The standard InChI is InChI=1S/C14H15FO3/c15-12-6-4-9(5-7-12)13(16)10-2-1-3-11(8-10)14(17)18/h4-7,10-11H,1-3,8H2,(H,17,18). The van der Waals surface area contributed by atoms with Gasteiger partial charge in [-0.15, -0.1) is 0 Å². The monoisotopic (exact) mass is 250 g/mol. The van der Waals surface area contributed by atoms with Gasteiger partial charge >= 0.3 is 5.97 Å². The summed E-state index contributed by atoms with van der Waals surface area (Å²) in [6.07, 6.45) is 2.52. The summed E-state index contributed by atoms with van der Waals surface area (Å²) < 4.78 is 12.8. The van der Waals surface area contributed by atoms with E-state index in [2.05, 4.69) is 0 Å². The van der Waals surface area contributed by atoms with E-state index in [1.54, 1.807) is 0 Å². The summed E-state index contributed by atoms with van der Waals surface area (Å²) >= 11 is 0. The van der Waals surface area contributed by atoms with Crippen LogP contribution in [0, 0.1) is 17.7 Å². The first-order chi connectivity index (χ1) is 8.58. The molecule has 3 nitrogen and oxygen atoms in total. The summed E-state index contributed by atoms with van der Waals surface area (Å²) in [6.45, 7) is 0. The first kappa shape index (κ1) is 12.7. The minimum absolute atomic E-state index is 0.0686. The maximum absolute atomic E-state index is 12.8. The number of carboxylic acid groups (broad SMARTS) is 1. The average molecular weight is 250 g/mol. The molecule has 0 aromatic heterocycles. The summed E-state index contributed by atoms with van der Waals surface area (Å²) in [5, 5.41) is 8.98. The highest BCUT2D eigenvalue weighted by molar-refractivity contribution is 5.98. The first-order valence-electron chi connectivity index (χ1n) is 6.10. The van der Waals surface area contributed by atoms with Crippen LogP contribution in [-0.4, -0.2) is 16.9 Å². The molecular formula is C14H15FO3. The van der Waals surface area contributed by atoms with E-state index >= 15 is 0 Å². The number of benzene rings is 1. The fourth-order valence-corrected chi connectivity index (χ4v) is 2.50. The zero-order valence-corrected chi connectivity index (χ0v) is 9.93. The van der Waals surface area contributed by atoms with E-state index < -0.39 is 11.9 Å². The molecule has 1 saturated carbocycles. The molecule has 0 spiro atoms. The Labute approximate surface area is 105 Å². The van der Waals surface area contributed by atoms with Crippen LogP contribution in [0.25, 0.3) is 0 Å². The van der Waals surface area contributed by atoms with Crippen LogP contribution < -0.4 is 0 Å². The van der Waals surface area contributed by atoms with Crippen LogP contribution in [0.2, 0.25) is 0 Å². The maximum Gasteiger partial charge on any atom is 0.306 e. The van der Waals surface area contributed by atoms with Crippen LogP contribution in [-0.2, 0) is 4.79 Å². The normalized spacial score (nSPS) is 23.6. The molecule has 96 valence electrons. The van der Waals surface area contributed by atoms with E-state index in [1.165, 1.54) is 24.3 Å². The third-order valence-electron chi connectivity index (χ3n) is 3.52. The Morgan fingerprint density at radius 2 is 1.72 bits per heavy atom. The number of rotatable bonds is 3. The smallest absolute Gasteiger partial charge is 0.306 e. The fourth-order valence-electron chi connectivity index (χ4n) is 2.50. The van der Waals surface area contributed by atoms with Crippen molar-refractivity contribution in [2.24, 2.45) is 11.8 Å². The molecule has 2 unspecified atom stereocenters. The van der Waals surface area contributed by atoms with Gasteiger partial charge in [-0.1, -0.05) is 6.42 Å². The lowest BCUT2D eigenvalue weighted by atomic mass is 9.78. The number of halogens is 1. The molecule has 1 N–H and O–H groups in total. The Hall–Kier alpha value is -1.71. The second-order valence-electron chi connectivity index (χ2n) is 4.77. The van der Waals surface area contributed by atoms with Gasteiger partial charge < -0.3 is 5.11 Å². The number of hydrogen-bond donors (Lipinski definition) is 1. The van der Waals surface area contributed by atoms with E-state index in [1.807, 2.05) is 0 Å². The topological polar surface area (TPSA) is 54.4 Å². The van der Waals surface area contributed by atoms with Crippen LogP contribution in [0.4, 0.5) is 4.39 Å². The molecule has 18 heavy (non-hydrogen) atoms. The number of hydrogen-bond acceptors (Lipinski definition) is 2. The summed E-state index contributed by atoms with van der Waals surface area (Å²) in [4.78, 5) is 23.1. The predicted molar refractivity (Wildman–Crippen MR) is 63.8 cm³/mol. The van der Waals surface area contributed by atoms with Crippen molar-refractivity contribution in [3.63, 3.8) is 0 Å². The minimum Gasteiger partial charge on any atom is -0.481 e. The second kappa shape index (κ2) is 5.29. The van der Waals surface area contributed by atoms with E-state index in [-0.39, 0.29) is 17.5 Å². The van der Waals surface area contributed by atoms with Gasteiger partial charge in [0.1, 0.15) is 5.82 Å². The van der Waals surface area contributed by atoms with Crippen molar-refractivity contribution in [3.05, 3.63) is 35.6 Å². The lowest BCUT2D eigenvalue weighted by Gasteiger charge is -2.25. The fraction of sp³-hybridized carbons (Fsp3) is 0.429. The van der Waals surface area contributed by atoms with Gasteiger partial charge in [-0.25, -0.2) is 4.39 Å². The molecule has 0 amide bonds. The number of Topliss-reactive ketones (excluding diaryl/α,β-unsaturated/α-hetero) is 1. The number of ketones is 1. The molecule has 1 fully saturated rings. The Morgan fingerprint density at radius 3 is 2.33 bits per heavy atom. The Morgan fingerprint density at radius 1 is 1.11 bits per heavy atom. The van der Waals surface area contributed by atoms with E-state index in [0.717, 1.165) is 12.8 Å². The van der Waals surface area contributed by atoms with Gasteiger partial charge in [-0.3, -0.25) is 9.59 Å². The Balaban J connectivity index is 2.09. The van der Waals surface area contributed by atoms with Crippen molar-refractivity contribution in [2.45, 2.75) is 25.7 Å². The molecular weight excluding hydrogens is 235 g/mol. The van der Waals surface area contributed by atoms with E-state index in [0.29, 0.717) is 18.4 Å². The molecule has 1 aromatic carbocycles. The lowest BCUT2D eigenvalue weighted by molar-refractivity contribution is -0.143. The first-order valence-corrected chi connectivity index (χ1v) is 6.10. The molecule has 2 rings (SSSR count). The van der Waals surface area contributed by atoms with Crippen molar-refractivity contribution in [2.75, 3.05) is 0 Å². The predicted octanol–water partition coefficient (Wildman–Crippen LogP) is 2.90. The number of carbonyl (C=O) groups excluding carboxylic acids is 1. The van der Waals surface area contributed by atoms with Crippen molar-refractivity contribution in [1.29, 1.82) is 0 Å². The zero-order chi connectivity index (χ0) is 13.1. The molecule has 0 saturated heterocycles. The van der Waals surface area contributed by atoms with Crippen molar-refractivity contribution < 1.29 is 19.1 Å². The van der Waals surface area contributed by atoms with Crippen LogP contribution in [0.3, 0.4) is 0 Å². The van der Waals surface area contributed by atoms with Gasteiger partial charge in [0.25, 0.3) is 0 Å². The van der Waals surface area contributed by atoms with Gasteiger partial charge in [0.15, 0.2) is 5.78 Å². The van der Waals surface area contributed by atoms with Crippen molar-refractivity contribution in [1.82, 2.24) is 0 Å². The molecule has 0 aliphatic heterocycles. The van der Waals surface area contributed by atoms with Gasteiger partial charge in [0.2, 0.25) is 0 Å². The third-order valence-corrected chi connectivity index (χ3v) is 3.52. The maximum atomic E-state index is 12.8. The number of carboxylic acids is 1. The van der Waals surface area contributed by atoms with Crippen LogP contribution >= 0.6 is 0 Å². The van der Waals surface area contributed by atoms with Crippen LogP contribution in [0.5, 0.6) is 0 Å². The zero-order valence-electron chi connectivity index (χ0n) is 9.93. The Kier molecular flexibility index (Phi) is 3.75. The van der Waals surface area contributed by atoms with Gasteiger partial charge in [0, 0.05) is 11.5 Å². The summed E-state index contributed by atoms with van der Waals surface area (Å²) in [6, 6.07) is 5.43. The summed E-state index contributed by atoms with van der Waals surface area (Å²) in [5.74, 6) is -1.94. The van der Waals surface area contributed by atoms with Gasteiger partial charge in [-0.05, 0) is 43.5 Å². The molecule has 1 aliphatic carbocycles. The van der Waals surface area contributed by atoms with Crippen molar-refractivity contribution in [3.8, 4) is 0 Å². The van der Waals surface area contributed by atoms with E-state index in [4.69, 9.17) is 5.11 Å². The molecule has 1 aromatic rings. The summed E-state index contributed by atoms with van der Waals surface area (Å²) in [7, 11) is 0. The molecule has 1 aliphatic rings. The van der Waals surface area contributed by atoms with Gasteiger partial charge in [0.05, 0.1) is 5.92 Å². The number of aliphatic carboxylic acids is 1. The molecule has 0 heterocycles. The highest BCUT2D eigenvalue weighted by Gasteiger charge is 2.31. The largest absolute Gasteiger partial charge is 0.481 e. The Bertz CT molecular complexity index is 453. The quantitative estimate of drug-likeness (QED) is 0.839. The highest BCUT2D eigenvalue weighted by Crippen LogP contribution is 2.31. The van der Waals surface area contributed by atoms with Crippen LogP contribution in [0.1, 0.15) is 36.0 Å². The molecule has 0 bridgehead atoms. The van der Waals surface area contributed by atoms with Crippen LogP contribution in [0.15, 0.2) is 24.3 Å². The minimum atomic E-state index is -0.827. The van der Waals surface area contributed by atoms with Crippen molar-refractivity contribution >= 4 is 11.8 Å². The second-order valence-corrected chi connectivity index (χ2v) is 4.77.